The van der Waals surface area contributed by atoms with E-state index in [1.807, 2.05) is 0 Å². The molecule has 0 amide bonds. The highest BCUT2D eigenvalue weighted by atomic mass is 31.2. The average Bonchev–Trinajstić information content (AvgIpc) is 2.28. The van der Waals surface area contributed by atoms with Gasteiger partial charge < -0.3 is 20.2 Å². The second-order valence-corrected chi connectivity index (χ2v) is 4.15. The van der Waals surface area contributed by atoms with Gasteiger partial charge in [0.25, 0.3) is 0 Å². The molecular formula is C5H12NO10P. The normalized spacial score (nSPS) is 20.3. The zero-order chi connectivity index (χ0) is 13.6. The van der Waals surface area contributed by atoms with Crippen LogP contribution >= 0.6 is 7.82 Å². The molecule has 0 aliphatic carbocycles. The molecule has 0 aromatic rings. The van der Waals surface area contributed by atoms with Crippen molar-refractivity contribution in [2.24, 2.45) is 5.90 Å². The quantitative estimate of drug-likeness (QED) is 0.158. The minimum absolute atomic E-state index is 0.906. The molecule has 0 radical (unpaired) electrons. The molecule has 4 atom stereocenters. The van der Waals surface area contributed by atoms with E-state index in [0.717, 1.165) is 0 Å². The molecule has 0 aromatic carbocycles. The van der Waals surface area contributed by atoms with Crippen LogP contribution in [0.3, 0.4) is 0 Å². The number of nitrogens with two attached hydrogens (primary N) is 1. The van der Waals surface area contributed by atoms with Gasteiger partial charge >= 0.3 is 13.8 Å². The zero-order valence-corrected chi connectivity index (χ0v) is 9.14. The Morgan fingerprint density at radius 2 is 1.94 bits per heavy atom. The number of hydrogen-bond donors (Lipinski definition) is 6. The Hall–Kier alpha value is -0.620. The van der Waals surface area contributed by atoms with Crippen LogP contribution in [0.15, 0.2) is 0 Å². The third-order valence-electron chi connectivity index (χ3n) is 1.64. The fourth-order valence-electron chi connectivity index (χ4n) is 0.759. The molecule has 0 aromatic heterocycles. The summed E-state index contributed by atoms with van der Waals surface area (Å²) in [7, 11) is -4.75. The first-order chi connectivity index (χ1) is 7.75. The number of carboxylic acid groups (broad SMARTS) is 1. The van der Waals surface area contributed by atoms with Gasteiger partial charge in [0.05, 0.1) is 6.61 Å². The fraction of sp³-hybridized carbons (Fsp3) is 0.800. The monoisotopic (exact) mass is 277 g/mol. The second-order valence-electron chi connectivity index (χ2n) is 2.79. The molecule has 1 unspecified atom stereocenters. The molecular weight excluding hydrogens is 265 g/mol. The minimum atomic E-state index is -4.75. The van der Waals surface area contributed by atoms with Crippen molar-refractivity contribution in [3.05, 3.63) is 0 Å². The van der Waals surface area contributed by atoms with Gasteiger partial charge in [0, 0.05) is 0 Å². The van der Waals surface area contributed by atoms with Crippen LogP contribution in [0.5, 0.6) is 0 Å². The van der Waals surface area contributed by atoms with Gasteiger partial charge in [0.2, 0.25) is 0 Å². The Kier molecular flexibility index (Phi) is 6.70. The number of aliphatic carboxylic acids is 1. The van der Waals surface area contributed by atoms with E-state index in [4.69, 9.17) is 20.4 Å². The Morgan fingerprint density at radius 3 is 2.29 bits per heavy atom. The first-order valence-corrected chi connectivity index (χ1v) is 5.49. The van der Waals surface area contributed by atoms with Gasteiger partial charge in [-0.2, -0.15) is 0 Å². The summed E-state index contributed by atoms with van der Waals surface area (Å²) in [6.45, 7) is -0.906. The third-order valence-corrected chi connectivity index (χ3v) is 2.32. The van der Waals surface area contributed by atoms with Crippen molar-refractivity contribution in [1.82, 2.24) is 0 Å². The molecule has 0 fully saturated rings. The number of hydrogen-bond acceptors (Lipinski definition) is 9. The summed E-state index contributed by atoms with van der Waals surface area (Å²) in [5.74, 6) is 2.90. The average molecular weight is 277 g/mol. The van der Waals surface area contributed by atoms with Crippen LogP contribution in [0.4, 0.5) is 0 Å². The lowest BCUT2D eigenvalue weighted by molar-refractivity contribution is -0.173. The summed E-state index contributed by atoms with van der Waals surface area (Å²) in [5, 5.41) is 34.4. The number of phosphoric ester groups is 1. The summed E-state index contributed by atoms with van der Waals surface area (Å²) < 4.78 is 17.7. The number of aliphatic hydroxyl groups excluding tert-OH is 2. The Morgan fingerprint density at radius 1 is 1.41 bits per heavy atom. The van der Waals surface area contributed by atoms with Gasteiger partial charge in [0.1, 0.15) is 12.2 Å². The van der Waals surface area contributed by atoms with E-state index in [1.165, 1.54) is 0 Å². The molecule has 11 nitrogen and oxygen atoms in total. The van der Waals surface area contributed by atoms with Crippen LogP contribution in [0, 0.1) is 0 Å². The van der Waals surface area contributed by atoms with E-state index in [9.17, 15) is 14.5 Å². The van der Waals surface area contributed by atoms with Crippen molar-refractivity contribution >= 4 is 13.8 Å². The van der Waals surface area contributed by atoms with Crippen molar-refractivity contribution in [3.63, 3.8) is 0 Å². The van der Waals surface area contributed by atoms with Gasteiger partial charge in [-0.25, -0.2) is 20.5 Å². The van der Waals surface area contributed by atoms with Crippen LogP contribution in [0.25, 0.3) is 0 Å². The van der Waals surface area contributed by atoms with Crippen molar-refractivity contribution < 1.29 is 48.9 Å². The molecule has 0 aliphatic heterocycles. The Bertz CT molecular complexity index is 296. The molecule has 0 heterocycles. The van der Waals surface area contributed by atoms with E-state index in [-0.39, 0.29) is 0 Å². The van der Waals surface area contributed by atoms with E-state index in [0.29, 0.717) is 0 Å². The van der Waals surface area contributed by atoms with E-state index in [2.05, 4.69) is 19.9 Å². The van der Waals surface area contributed by atoms with Crippen molar-refractivity contribution in [2.45, 2.75) is 18.3 Å². The van der Waals surface area contributed by atoms with E-state index >= 15 is 0 Å². The largest absolute Gasteiger partial charge is 0.499 e. The molecule has 12 heteroatoms. The first kappa shape index (κ1) is 16.4. The smallest absolute Gasteiger partial charge is 0.479 e. The van der Waals surface area contributed by atoms with Crippen LogP contribution < -0.4 is 5.90 Å². The number of carbonyl (C=O) groups is 1. The molecule has 0 bridgehead atoms. The molecule has 102 valence electrons. The van der Waals surface area contributed by atoms with Crippen molar-refractivity contribution in [1.29, 1.82) is 0 Å². The molecule has 0 rings (SSSR count). The maximum atomic E-state index is 10.6. The fourth-order valence-corrected chi connectivity index (χ4v) is 1.14. The summed E-state index contributed by atoms with van der Waals surface area (Å²) in [5.41, 5.74) is 0. The second kappa shape index (κ2) is 6.96. The summed E-state index contributed by atoms with van der Waals surface area (Å²) >= 11 is 0. The van der Waals surface area contributed by atoms with Gasteiger partial charge in [0.15, 0.2) is 6.10 Å². The van der Waals surface area contributed by atoms with Gasteiger partial charge in [-0.15, -0.1) is 4.67 Å². The number of phosphoric acid groups is 1. The topological polar surface area (TPSA) is 189 Å². The van der Waals surface area contributed by atoms with Crippen LogP contribution in [-0.4, -0.2) is 56.4 Å². The molecule has 7 N–H and O–H groups in total. The van der Waals surface area contributed by atoms with Crippen LogP contribution in [0.1, 0.15) is 0 Å². The van der Waals surface area contributed by atoms with E-state index < -0.39 is 38.7 Å². The Balaban J connectivity index is 4.43. The number of carboxylic acids is 1. The lowest BCUT2D eigenvalue weighted by Gasteiger charge is -2.22. The predicted molar refractivity (Wildman–Crippen MR) is 48.2 cm³/mol. The third kappa shape index (κ3) is 5.50. The lowest BCUT2D eigenvalue weighted by atomic mass is 10.1. The number of rotatable bonds is 8. The van der Waals surface area contributed by atoms with Crippen molar-refractivity contribution in [2.75, 3.05) is 6.61 Å². The van der Waals surface area contributed by atoms with Gasteiger partial charge in [-0.05, 0) is 0 Å². The molecule has 0 saturated carbocycles. The molecule has 0 saturated heterocycles. The number of aliphatic hydroxyl groups is 2. The zero-order valence-electron chi connectivity index (χ0n) is 8.24. The predicted octanol–water partition coefficient (Wildman–Crippen LogP) is -2.34. The Labute approximate surface area is 94.4 Å². The first-order valence-electron chi connectivity index (χ1n) is 4.00. The highest BCUT2D eigenvalue weighted by Gasteiger charge is 2.34. The van der Waals surface area contributed by atoms with Crippen molar-refractivity contribution in [3.8, 4) is 0 Å². The molecule has 0 spiro atoms. The van der Waals surface area contributed by atoms with Crippen LogP contribution in [-0.2, 0) is 23.4 Å². The highest BCUT2D eigenvalue weighted by Crippen LogP contribution is 2.41. The van der Waals surface area contributed by atoms with E-state index in [1.54, 1.807) is 0 Å². The standard InChI is InChI=1S/C5H12NO10P/c6-15-2(1-14-17(12,13)16-11)3(7)4(8)5(9)10/h2-4,7-8,11H,1,6H2,(H,9,10)(H,12,13)/t2-,3-,4+/m1/s1. The maximum Gasteiger partial charge on any atom is 0.499 e. The lowest BCUT2D eigenvalue weighted by Crippen LogP contribution is -2.46. The van der Waals surface area contributed by atoms with Gasteiger partial charge in [-0.3, -0.25) is 9.36 Å². The minimum Gasteiger partial charge on any atom is -0.479 e. The SMILES string of the molecule is NO[C@H](COP(=O)(O)OO)[C@@H](O)[C@H](O)C(=O)O. The highest BCUT2D eigenvalue weighted by molar-refractivity contribution is 7.47. The summed E-state index contributed by atoms with van der Waals surface area (Å²) in [4.78, 5) is 23.0. The molecule has 17 heavy (non-hydrogen) atoms. The summed E-state index contributed by atoms with van der Waals surface area (Å²) in [6, 6.07) is 0. The van der Waals surface area contributed by atoms with Crippen LogP contribution in [0.2, 0.25) is 0 Å². The van der Waals surface area contributed by atoms with Gasteiger partial charge in [-0.1, -0.05) is 0 Å². The maximum absolute atomic E-state index is 10.6. The summed E-state index contributed by atoms with van der Waals surface area (Å²) in [6.07, 6.45) is -5.88. The molecule has 0 aliphatic rings.